The van der Waals surface area contributed by atoms with Gasteiger partial charge in [0.25, 0.3) is 0 Å². The lowest BCUT2D eigenvalue weighted by atomic mass is 9.60. The van der Waals surface area contributed by atoms with E-state index in [0.29, 0.717) is 5.41 Å². The van der Waals surface area contributed by atoms with Gasteiger partial charge in [0.05, 0.1) is 0 Å². The van der Waals surface area contributed by atoms with Gasteiger partial charge in [-0.05, 0) is 68.2 Å². The molecule has 1 fully saturated rings. The number of hydrogen-bond donors (Lipinski definition) is 0. The Labute approximate surface area is 148 Å². The predicted molar refractivity (Wildman–Crippen MR) is 108 cm³/mol. The van der Waals surface area contributed by atoms with Gasteiger partial charge >= 0.3 is 0 Å². The second-order valence-corrected chi connectivity index (χ2v) is 7.65. The first-order valence-corrected chi connectivity index (χ1v) is 9.38. The number of hydrogen-bond acceptors (Lipinski definition) is 1. The molecule has 0 aromatic heterocycles. The molecule has 0 amide bonds. The maximum Gasteiger partial charge on any atom is 0.0345 e. The first-order valence-electron chi connectivity index (χ1n) is 9.38. The van der Waals surface area contributed by atoms with Gasteiger partial charge in [0, 0.05) is 17.3 Å². The van der Waals surface area contributed by atoms with Gasteiger partial charge < -0.3 is 0 Å². The molecule has 1 saturated carbocycles. The van der Waals surface area contributed by atoms with Crippen molar-refractivity contribution in [2.75, 3.05) is 0 Å². The molecule has 0 saturated heterocycles. The first kappa shape index (κ1) is 18.7. The summed E-state index contributed by atoms with van der Waals surface area (Å²) in [7, 11) is 0. The average molecular weight is 324 g/mol. The molecule has 0 N–H and O–H groups in total. The van der Waals surface area contributed by atoms with E-state index in [9.17, 15) is 0 Å². The molecule has 130 valence electrons. The summed E-state index contributed by atoms with van der Waals surface area (Å²) < 4.78 is 0. The van der Waals surface area contributed by atoms with E-state index in [0.717, 1.165) is 12.3 Å². The molecule has 1 heteroatoms. The zero-order chi connectivity index (χ0) is 17.7. The molecule has 1 aromatic rings. The van der Waals surface area contributed by atoms with Crippen LogP contribution in [0, 0.1) is 25.2 Å². The minimum atomic E-state index is 0.306. The van der Waals surface area contributed by atoms with Crippen LogP contribution in [0.3, 0.4) is 0 Å². The number of rotatable bonds is 6. The minimum Gasteiger partial charge on any atom is -0.265 e. The Kier molecular flexibility index (Phi) is 6.21. The van der Waals surface area contributed by atoms with Gasteiger partial charge in [0.1, 0.15) is 0 Å². The molecular weight excluding hydrogens is 290 g/mol. The zero-order valence-corrected chi connectivity index (χ0v) is 16.3. The molecule has 1 nitrogen and oxygen atoms in total. The highest BCUT2D eigenvalue weighted by molar-refractivity contribution is 5.90. The number of allylic oxidation sites excluding steroid dienone is 3. The fourth-order valence-corrected chi connectivity index (χ4v) is 3.50. The Morgan fingerprint density at radius 2 is 1.92 bits per heavy atom. The van der Waals surface area contributed by atoms with E-state index in [1.165, 1.54) is 47.2 Å². The third-order valence-electron chi connectivity index (χ3n) is 5.70. The molecule has 0 aliphatic heterocycles. The van der Waals surface area contributed by atoms with Crippen molar-refractivity contribution in [2.24, 2.45) is 16.3 Å². The summed E-state index contributed by atoms with van der Waals surface area (Å²) in [5.74, 6) is 0.892. The molecule has 1 aromatic carbocycles. The summed E-state index contributed by atoms with van der Waals surface area (Å²) in [6.07, 6.45) is 11.4. The molecule has 0 heterocycles. The number of aliphatic imine (C=N–C) groups is 1. The van der Waals surface area contributed by atoms with Gasteiger partial charge in [-0.25, -0.2) is 0 Å². The van der Waals surface area contributed by atoms with E-state index in [4.69, 9.17) is 4.99 Å². The fourth-order valence-electron chi connectivity index (χ4n) is 3.50. The standard InChI is InChI=1S/C23H33N/c1-7-9-10-22(21-12-11-17(3)18(4)13-21)16-24-19(5)23(6)14-20(8-2)15-23/h9-13,16,20H,7-8,14-15H2,1-6H3/b10-9+,22-16+,24-19+. The van der Waals surface area contributed by atoms with E-state index in [1.807, 2.05) is 0 Å². The highest BCUT2D eigenvalue weighted by Gasteiger charge is 2.41. The van der Waals surface area contributed by atoms with Crippen LogP contribution in [-0.2, 0) is 0 Å². The molecule has 0 unspecified atom stereocenters. The lowest BCUT2D eigenvalue weighted by Crippen LogP contribution is -2.39. The van der Waals surface area contributed by atoms with Crippen molar-refractivity contribution in [1.29, 1.82) is 0 Å². The molecular formula is C23H33N. The summed E-state index contributed by atoms with van der Waals surface area (Å²) in [5.41, 5.74) is 6.71. The average Bonchev–Trinajstić information content (AvgIpc) is 2.54. The van der Waals surface area contributed by atoms with Gasteiger partial charge in [-0.1, -0.05) is 57.5 Å². The van der Waals surface area contributed by atoms with Gasteiger partial charge in [-0.3, -0.25) is 4.99 Å². The van der Waals surface area contributed by atoms with Crippen molar-refractivity contribution in [3.63, 3.8) is 0 Å². The molecule has 24 heavy (non-hydrogen) atoms. The maximum atomic E-state index is 4.87. The molecule has 1 aliphatic rings. The third kappa shape index (κ3) is 4.26. The summed E-state index contributed by atoms with van der Waals surface area (Å²) in [4.78, 5) is 4.87. The highest BCUT2D eigenvalue weighted by atomic mass is 14.7. The lowest BCUT2D eigenvalue weighted by Gasteiger charge is -2.45. The van der Waals surface area contributed by atoms with Crippen molar-refractivity contribution >= 4 is 11.3 Å². The summed E-state index contributed by atoms with van der Waals surface area (Å²) in [6.45, 7) is 13.4. The Bertz CT molecular complexity index is 655. The summed E-state index contributed by atoms with van der Waals surface area (Å²) in [6, 6.07) is 6.68. The molecule has 0 bridgehead atoms. The second kappa shape index (κ2) is 7.96. The Balaban J connectivity index is 2.27. The van der Waals surface area contributed by atoms with Gasteiger partial charge in [0.2, 0.25) is 0 Å². The molecule has 0 radical (unpaired) electrons. The van der Waals surface area contributed by atoms with Crippen molar-refractivity contribution in [3.8, 4) is 0 Å². The van der Waals surface area contributed by atoms with E-state index in [1.54, 1.807) is 0 Å². The monoisotopic (exact) mass is 323 g/mol. The van der Waals surface area contributed by atoms with E-state index < -0.39 is 0 Å². The fraction of sp³-hybridized carbons (Fsp3) is 0.522. The minimum absolute atomic E-state index is 0.306. The lowest BCUT2D eigenvalue weighted by molar-refractivity contribution is 0.146. The van der Waals surface area contributed by atoms with Gasteiger partial charge in [-0.15, -0.1) is 0 Å². The first-order chi connectivity index (χ1) is 11.4. The molecule has 0 spiro atoms. The van der Waals surface area contributed by atoms with Crippen LogP contribution in [0.1, 0.15) is 70.1 Å². The number of benzene rings is 1. The van der Waals surface area contributed by atoms with Crippen molar-refractivity contribution in [2.45, 2.75) is 67.2 Å². The van der Waals surface area contributed by atoms with Crippen LogP contribution in [0.4, 0.5) is 0 Å². The Morgan fingerprint density at radius 3 is 2.50 bits per heavy atom. The van der Waals surface area contributed by atoms with Crippen LogP contribution in [0.25, 0.3) is 5.57 Å². The maximum absolute atomic E-state index is 4.87. The molecule has 1 aliphatic carbocycles. The van der Waals surface area contributed by atoms with E-state index in [-0.39, 0.29) is 0 Å². The molecule has 0 atom stereocenters. The normalized spacial score (nSPS) is 25.2. The van der Waals surface area contributed by atoms with Crippen molar-refractivity contribution in [1.82, 2.24) is 0 Å². The quantitative estimate of drug-likeness (QED) is 0.399. The van der Waals surface area contributed by atoms with Gasteiger partial charge in [-0.2, -0.15) is 0 Å². The zero-order valence-electron chi connectivity index (χ0n) is 16.3. The van der Waals surface area contributed by atoms with Crippen molar-refractivity contribution in [3.05, 3.63) is 53.2 Å². The van der Waals surface area contributed by atoms with E-state index in [2.05, 4.69) is 78.1 Å². The van der Waals surface area contributed by atoms with E-state index >= 15 is 0 Å². The van der Waals surface area contributed by atoms with Crippen LogP contribution < -0.4 is 0 Å². The predicted octanol–water partition coefficient (Wildman–Crippen LogP) is 6.90. The van der Waals surface area contributed by atoms with Crippen LogP contribution in [0.15, 0.2) is 41.5 Å². The second-order valence-electron chi connectivity index (χ2n) is 7.65. The summed E-state index contributed by atoms with van der Waals surface area (Å²) in [5, 5.41) is 0. The smallest absolute Gasteiger partial charge is 0.0345 e. The highest BCUT2D eigenvalue weighted by Crippen LogP contribution is 2.47. The summed E-state index contributed by atoms with van der Waals surface area (Å²) >= 11 is 0. The molecule has 2 rings (SSSR count). The largest absolute Gasteiger partial charge is 0.265 e. The number of aryl methyl sites for hydroxylation is 2. The van der Waals surface area contributed by atoms with Crippen molar-refractivity contribution < 1.29 is 0 Å². The SMILES string of the molecule is CC/C=C/C(=C\N=C(/C)C1(C)CC(CC)C1)c1ccc(C)c(C)c1. The van der Waals surface area contributed by atoms with Crippen LogP contribution in [0.2, 0.25) is 0 Å². The van der Waals surface area contributed by atoms with Crippen LogP contribution in [0.5, 0.6) is 0 Å². The topological polar surface area (TPSA) is 12.4 Å². The van der Waals surface area contributed by atoms with Gasteiger partial charge in [0.15, 0.2) is 0 Å². The Morgan fingerprint density at radius 1 is 1.21 bits per heavy atom. The van der Waals surface area contributed by atoms with Crippen LogP contribution in [-0.4, -0.2) is 5.71 Å². The number of nitrogens with zero attached hydrogens (tertiary/aromatic N) is 1. The Hall–Kier alpha value is -1.63. The van der Waals surface area contributed by atoms with Crippen LogP contribution >= 0.6 is 0 Å². The third-order valence-corrected chi connectivity index (χ3v) is 5.70.